The lowest BCUT2D eigenvalue weighted by Gasteiger charge is -2.40. The van der Waals surface area contributed by atoms with Gasteiger partial charge in [-0.15, -0.1) is 0 Å². The Kier molecular flexibility index (Phi) is 3.37. The number of fused-ring (bicyclic) bond motifs is 3. The fourth-order valence-electron chi connectivity index (χ4n) is 4.23. The van der Waals surface area contributed by atoms with E-state index in [9.17, 15) is 0 Å². The van der Waals surface area contributed by atoms with Crippen molar-refractivity contribution in [2.75, 3.05) is 0 Å². The van der Waals surface area contributed by atoms with Crippen molar-refractivity contribution in [3.8, 4) is 11.3 Å². The number of pyridine rings is 1. The lowest BCUT2D eigenvalue weighted by atomic mass is 9.65. The molecule has 0 spiro atoms. The van der Waals surface area contributed by atoms with E-state index in [4.69, 9.17) is 0 Å². The molecule has 2 aromatic rings. The van der Waals surface area contributed by atoms with Crippen LogP contribution in [0.15, 0.2) is 48.7 Å². The van der Waals surface area contributed by atoms with Gasteiger partial charge in [0.1, 0.15) is 0 Å². The van der Waals surface area contributed by atoms with Crippen LogP contribution < -0.4 is 4.57 Å². The number of hydrogen-bond acceptors (Lipinski definition) is 0. The smallest absolute Gasteiger partial charge is 0.195 e. The van der Waals surface area contributed by atoms with Crippen LogP contribution in [-0.2, 0) is 5.41 Å². The SMILES string of the molecule is CCC1[n+]2ccccc2-c2ccccc2C1(CC)CC. The third-order valence-electron chi connectivity index (χ3n) is 5.25. The minimum Gasteiger partial charge on any atom is -0.195 e. The van der Waals surface area contributed by atoms with Crippen LogP contribution in [0.1, 0.15) is 51.6 Å². The van der Waals surface area contributed by atoms with Crippen LogP contribution in [0.4, 0.5) is 0 Å². The van der Waals surface area contributed by atoms with Crippen molar-refractivity contribution in [1.82, 2.24) is 0 Å². The van der Waals surface area contributed by atoms with E-state index in [0.717, 1.165) is 0 Å². The average molecular weight is 266 g/mol. The third-order valence-corrected chi connectivity index (χ3v) is 5.25. The Morgan fingerprint density at radius 1 is 0.950 bits per heavy atom. The van der Waals surface area contributed by atoms with Gasteiger partial charge in [-0.1, -0.05) is 39.0 Å². The minimum atomic E-state index is 0.268. The molecule has 0 fully saturated rings. The molecule has 0 bridgehead atoms. The highest BCUT2D eigenvalue weighted by molar-refractivity contribution is 5.64. The van der Waals surface area contributed by atoms with Crippen molar-refractivity contribution in [2.45, 2.75) is 51.5 Å². The van der Waals surface area contributed by atoms with E-state index in [1.54, 1.807) is 5.56 Å². The highest BCUT2D eigenvalue weighted by Gasteiger charge is 2.48. The number of nitrogens with zero attached hydrogens (tertiary/aromatic N) is 1. The summed E-state index contributed by atoms with van der Waals surface area (Å²) in [5.74, 6) is 0. The summed E-state index contributed by atoms with van der Waals surface area (Å²) in [5.41, 5.74) is 4.60. The molecule has 0 radical (unpaired) electrons. The first-order valence-electron chi connectivity index (χ1n) is 7.88. The van der Waals surface area contributed by atoms with Crippen molar-refractivity contribution in [3.63, 3.8) is 0 Å². The van der Waals surface area contributed by atoms with E-state index >= 15 is 0 Å². The third kappa shape index (κ3) is 1.65. The molecule has 1 unspecified atom stereocenters. The molecule has 2 heterocycles. The molecule has 0 amide bonds. The first-order chi connectivity index (χ1) is 9.78. The van der Waals surface area contributed by atoms with Gasteiger partial charge in [0.05, 0.1) is 11.0 Å². The van der Waals surface area contributed by atoms with Crippen molar-refractivity contribution >= 4 is 0 Å². The fourth-order valence-corrected chi connectivity index (χ4v) is 4.23. The highest BCUT2D eigenvalue weighted by Crippen LogP contribution is 2.47. The lowest BCUT2D eigenvalue weighted by Crippen LogP contribution is -2.55. The van der Waals surface area contributed by atoms with Gasteiger partial charge in [0.25, 0.3) is 0 Å². The van der Waals surface area contributed by atoms with Gasteiger partial charge >= 0.3 is 0 Å². The van der Waals surface area contributed by atoms with Crippen molar-refractivity contribution in [1.29, 1.82) is 0 Å². The average Bonchev–Trinajstić information content (AvgIpc) is 2.53. The molecule has 0 aliphatic carbocycles. The van der Waals surface area contributed by atoms with Crippen LogP contribution in [0.5, 0.6) is 0 Å². The maximum absolute atomic E-state index is 2.51. The molecule has 1 aromatic heterocycles. The van der Waals surface area contributed by atoms with Crippen LogP contribution in [0.3, 0.4) is 0 Å². The van der Waals surface area contributed by atoms with E-state index in [0.29, 0.717) is 6.04 Å². The summed E-state index contributed by atoms with van der Waals surface area (Å²) >= 11 is 0. The van der Waals surface area contributed by atoms with Gasteiger partial charge < -0.3 is 0 Å². The second-order valence-corrected chi connectivity index (χ2v) is 5.83. The zero-order chi connectivity index (χ0) is 14.2. The second kappa shape index (κ2) is 5.05. The number of hydrogen-bond donors (Lipinski definition) is 0. The zero-order valence-corrected chi connectivity index (χ0v) is 12.8. The van der Waals surface area contributed by atoms with Gasteiger partial charge in [0.2, 0.25) is 5.69 Å². The Morgan fingerprint density at radius 2 is 1.65 bits per heavy atom. The molecule has 104 valence electrons. The highest BCUT2D eigenvalue weighted by atomic mass is 15.0. The van der Waals surface area contributed by atoms with E-state index in [2.05, 4.69) is 74.0 Å². The standard InChI is InChI=1S/C19H24N/c1-4-18-19(5-2,6-3)16-12-8-7-11-15(16)17-13-9-10-14-20(17)18/h7-14,18H,4-6H2,1-3H3/q+1. The monoisotopic (exact) mass is 266 g/mol. The predicted octanol–water partition coefficient (Wildman–Crippen LogP) is 4.66. The molecule has 3 rings (SSSR count). The summed E-state index contributed by atoms with van der Waals surface area (Å²) in [6.45, 7) is 7.01. The molecule has 0 saturated carbocycles. The second-order valence-electron chi connectivity index (χ2n) is 5.83. The topological polar surface area (TPSA) is 3.88 Å². The summed E-state index contributed by atoms with van der Waals surface area (Å²) < 4.78 is 2.51. The van der Waals surface area contributed by atoms with Gasteiger partial charge in [-0.25, -0.2) is 0 Å². The van der Waals surface area contributed by atoms with Crippen LogP contribution in [0.25, 0.3) is 11.3 Å². The van der Waals surface area contributed by atoms with Gasteiger partial charge in [-0.2, -0.15) is 4.57 Å². The molecule has 1 atom stereocenters. The number of aromatic nitrogens is 1. The predicted molar refractivity (Wildman–Crippen MR) is 83.7 cm³/mol. The van der Waals surface area contributed by atoms with Crippen molar-refractivity contribution in [3.05, 3.63) is 54.2 Å². The van der Waals surface area contributed by atoms with Gasteiger partial charge in [-0.05, 0) is 30.5 Å². The Morgan fingerprint density at radius 3 is 2.35 bits per heavy atom. The van der Waals surface area contributed by atoms with Crippen LogP contribution >= 0.6 is 0 Å². The molecule has 0 saturated heterocycles. The first kappa shape index (κ1) is 13.4. The van der Waals surface area contributed by atoms with Crippen LogP contribution in [-0.4, -0.2) is 0 Å². The molecule has 0 N–H and O–H groups in total. The fraction of sp³-hybridized carbons (Fsp3) is 0.421. The maximum atomic E-state index is 2.51. The van der Waals surface area contributed by atoms with E-state index in [1.807, 2.05) is 0 Å². The molecule has 1 aliphatic rings. The molecule has 1 nitrogen and oxygen atoms in total. The van der Waals surface area contributed by atoms with Crippen LogP contribution in [0, 0.1) is 0 Å². The van der Waals surface area contributed by atoms with E-state index in [1.165, 1.54) is 30.5 Å². The molecule has 1 aliphatic heterocycles. The molecule has 20 heavy (non-hydrogen) atoms. The number of rotatable bonds is 3. The molecule has 1 aromatic carbocycles. The lowest BCUT2D eigenvalue weighted by molar-refractivity contribution is -0.725. The zero-order valence-electron chi connectivity index (χ0n) is 12.8. The summed E-state index contributed by atoms with van der Waals surface area (Å²) in [7, 11) is 0. The Hall–Kier alpha value is -1.63. The molecule has 1 heteroatoms. The first-order valence-corrected chi connectivity index (χ1v) is 7.88. The van der Waals surface area contributed by atoms with Gasteiger partial charge in [0, 0.05) is 18.6 Å². The Labute approximate surface area is 122 Å². The summed E-state index contributed by atoms with van der Waals surface area (Å²) in [4.78, 5) is 0. The quantitative estimate of drug-likeness (QED) is 0.711. The molecular weight excluding hydrogens is 242 g/mol. The number of benzene rings is 1. The van der Waals surface area contributed by atoms with E-state index in [-0.39, 0.29) is 5.41 Å². The van der Waals surface area contributed by atoms with E-state index < -0.39 is 0 Å². The normalized spacial score (nSPS) is 19.2. The summed E-state index contributed by atoms with van der Waals surface area (Å²) in [6.07, 6.45) is 5.83. The van der Waals surface area contributed by atoms with Gasteiger partial charge in [0.15, 0.2) is 12.2 Å². The van der Waals surface area contributed by atoms with Crippen molar-refractivity contribution < 1.29 is 4.57 Å². The Balaban J connectivity index is 2.35. The largest absolute Gasteiger partial charge is 0.213 e. The van der Waals surface area contributed by atoms with Crippen molar-refractivity contribution in [2.24, 2.45) is 0 Å². The molecular formula is C19H24N+. The van der Waals surface area contributed by atoms with Gasteiger partial charge in [-0.3, -0.25) is 0 Å². The summed E-state index contributed by atoms with van der Waals surface area (Å²) in [6, 6.07) is 16.1. The maximum Gasteiger partial charge on any atom is 0.213 e. The van der Waals surface area contributed by atoms with Crippen LogP contribution in [0.2, 0.25) is 0 Å². The summed E-state index contributed by atoms with van der Waals surface area (Å²) in [5, 5.41) is 0. The minimum absolute atomic E-state index is 0.268. The Bertz CT molecular complexity index is 611.